The van der Waals surface area contributed by atoms with E-state index in [9.17, 15) is 14.7 Å². The van der Waals surface area contributed by atoms with Crippen molar-refractivity contribution in [3.63, 3.8) is 0 Å². The zero-order valence-corrected chi connectivity index (χ0v) is 20.3. The highest BCUT2D eigenvalue weighted by Crippen LogP contribution is 2.50. The minimum atomic E-state index is -0.779. The van der Waals surface area contributed by atoms with Gasteiger partial charge in [-0.25, -0.2) is 4.98 Å². The Labute approximate surface area is 204 Å². The van der Waals surface area contributed by atoms with Crippen LogP contribution in [-0.2, 0) is 15.0 Å². The quantitative estimate of drug-likeness (QED) is 0.453. The van der Waals surface area contributed by atoms with Crippen LogP contribution in [0.25, 0.3) is 11.0 Å². The van der Waals surface area contributed by atoms with Gasteiger partial charge in [0.1, 0.15) is 12.3 Å². The van der Waals surface area contributed by atoms with Crippen LogP contribution in [0.2, 0.25) is 0 Å². The largest absolute Gasteiger partial charge is 0.489 e. The minimum Gasteiger partial charge on any atom is -0.489 e. The molecule has 3 aromatic rings. The summed E-state index contributed by atoms with van der Waals surface area (Å²) >= 11 is 0. The minimum absolute atomic E-state index is 0.00647. The van der Waals surface area contributed by atoms with E-state index in [4.69, 9.17) is 4.74 Å². The van der Waals surface area contributed by atoms with Crippen LogP contribution in [-0.4, -0.2) is 69.2 Å². The first-order chi connectivity index (χ1) is 17.0. The summed E-state index contributed by atoms with van der Waals surface area (Å²) in [5, 5.41) is 20.9. The number of benzene rings is 1. The Balaban J connectivity index is 1.14. The Hall–Kier alpha value is -3.03. The molecule has 2 aliphatic heterocycles. The van der Waals surface area contributed by atoms with E-state index in [-0.39, 0.29) is 31.0 Å². The van der Waals surface area contributed by atoms with Gasteiger partial charge in [-0.15, -0.1) is 8.58 Å². The van der Waals surface area contributed by atoms with Gasteiger partial charge in [0.25, 0.3) is 0 Å². The van der Waals surface area contributed by atoms with Crippen molar-refractivity contribution in [2.45, 2.75) is 42.8 Å². The number of fused-ring (bicyclic) bond motifs is 3. The number of ether oxygens (including phenoxy) is 1. The zero-order valence-electron chi connectivity index (χ0n) is 19.3. The summed E-state index contributed by atoms with van der Waals surface area (Å²) in [6.07, 6.45) is 7.66. The van der Waals surface area contributed by atoms with E-state index in [1.807, 2.05) is 30.3 Å². The molecule has 4 heterocycles. The van der Waals surface area contributed by atoms with Crippen molar-refractivity contribution in [3.8, 4) is 5.75 Å². The van der Waals surface area contributed by atoms with Gasteiger partial charge in [0, 0.05) is 17.6 Å². The molecule has 3 N–H and O–H groups in total. The third-order valence-corrected chi connectivity index (χ3v) is 9.36. The Morgan fingerprint density at radius 1 is 1.26 bits per heavy atom. The van der Waals surface area contributed by atoms with Crippen LogP contribution in [0.1, 0.15) is 31.2 Å². The highest BCUT2D eigenvalue weighted by molar-refractivity contribution is 7.40. The van der Waals surface area contributed by atoms with Crippen molar-refractivity contribution in [1.82, 2.24) is 20.5 Å². The third-order valence-electron chi connectivity index (χ3n) is 7.54. The first-order valence-corrected chi connectivity index (χ1v) is 13.4. The van der Waals surface area contributed by atoms with Gasteiger partial charge < -0.3 is 20.1 Å². The molecule has 2 fully saturated rings. The molecule has 10 heteroatoms. The van der Waals surface area contributed by atoms with Gasteiger partial charge in [0.15, 0.2) is 5.65 Å². The predicted octanol–water partition coefficient (Wildman–Crippen LogP) is 2.10. The summed E-state index contributed by atoms with van der Waals surface area (Å²) in [4.78, 5) is 32.4. The molecule has 0 unspecified atom stereocenters. The molecule has 2 aromatic heterocycles. The number of nitrogens with zero attached hydrogens (tertiary/aromatic N) is 3. The highest BCUT2D eigenvalue weighted by Gasteiger charge is 2.52. The van der Waals surface area contributed by atoms with Crippen LogP contribution in [0.3, 0.4) is 0 Å². The number of aromatic nitrogens is 3. The first-order valence-electron chi connectivity index (χ1n) is 12.0. The molecule has 1 aromatic carbocycles. The Morgan fingerprint density at radius 2 is 2.06 bits per heavy atom. The molecule has 35 heavy (non-hydrogen) atoms. The molecule has 1 spiro atoms. The van der Waals surface area contributed by atoms with Crippen molar-refractivity contribution >= 4 is 37.1 Å². The molecule has 9 nitrogen and oxygen atoms in total. The molecule has 0 radical (unpaired) electrons. The van der Waals surface area contributed by atoms with E-state index in [1.54, 1.807) is 17.3 Å². The van der Waals surface area contributed by atoms with E-state index in [0.717, 1.165) is 56.0 Å². The Bertz CT molecular complexity index is 1280. The van der Waals surface area contributed by atoms with E-state index in [1.165, 1.54) is 0 Å². The number of hydrogen-bond acceptors (Lipinski definition) is 6. The smallest absolute Gasteiger partial charge is 0.240 e. The van der Waals surface area contributed by atoms with Gasteiger partial charge in [-0.05, 0) is 55.7 Å². The van der Waals surface area contributed by atoms with E-state index >= 15 is 0 Å². The van der Waals surface area contributed by atoms with Gasteiger partial charge in [0.05, 0.1) is 29.5 Å². The number of anilines is 1. The number of hydrogen-bond donors (Lipinski definition) is 3. The number of H-pyrrole nitrogens is 1. The van der Waals surface area contributed by atoms with Crippen LogP contribution < -0.4 is 15.0 Å². The summed E-state index contributed by atoms with van der Waals surface area (Å²) in [5.74, 6) is 0.440. The van der Waals surface area contributed by atoms with Gasteiger partial charge >= 0.3 is 0 Å². The lowest BCUT2D eigenvalue weighted by Crippen LogP contribution is -2.53. The number of aliphatic hydroxyl groups is 1. The fourth-order valence-electron chi connectivity index (χ4n) is 5.51. The van der Waals surface area contributed by atoms with Crippen LogP contribution >= 0.6 is 8.58 Å². The van der Waals surface area contributed by atoms with Gasteiger partial charge in [-0.1, -0.05) is 18.2 Å². The second kappa shape index (κ2) is 8.57. The Kier molecular flexibility index (Phi) is 5.49. The van der Waals surface area contributed by atoms with Crippen molar-refractivity contribution in [3.05, 3.63) is 48.3 Å². The second-order valence-electron chi connectivity index (χ2n) is 9.89. The topological polar surface area (TPSA) is 120 Å². The highest BCUT2D eigenvalue weighted by atomic mass is 31.1. The maximum absolute atomic E-state index is 13.8. The summed E-state index contributed by atoms with van der Waals surface area (Å²) in [6.45, 7) is 0.207. The summed E-state index contributed by atoms with van der Waals surface area (Å²) in [7, 11) is 0.754. The summed E-state index contributed by atoms with van der Waals surface area (Å²) < 4.78 is 6.21. The van der Waals surface area contributed by atoms with E-state index in [0.29, 0.717) is 18.6 Å². The lowest BCUT2D eigenvalue weighted by atomic mass is 9.69. The number of amides is 2. The first kappa shape index (κ1) is 22.4. The summed E-state index contributed by atoms with van der Waals surface area (Å²) in [5.41, 5.74) is 1.12. The molecule has 182 valence electrons. The average molecular weight is 494 g/mol. The normalized spacial score (nSPS) is 28.3. The number of nitrogens with one attached hydrogen (secondary N) is 2. The van der Waals surface area contributed by atoms with Gasteiger partial charge in [-0.2, -0.15) is 5.10 Å². The molecule has 6 rings (SSSR count). The van der Waals surface area contributed by atoms with Crippen LogP contribution in [0.4, 0.5) is 5.69 Å². The predicted molar refractivity (Wildman–Crippen MR) is 133 cm³/mol. The fraction of sp³-hybridized carbons (Fsp3) is 0.440. The van der Waals surface area contributed by atoms with Crippen LogP contribution in [0, 0.1) is 0 Å². The molecule has 1 aliphatic carbocycles. The number of carbonyl (C=O) groups is 2. The molecule has 0 atom stereocenters. The second-order valence-corrected chi connectivity index (χ2v) is 11.1. The van der Waals surface area contributed by atoms with Crippen molar-refractivity contribution in [1.29, 1.82) is 0 Å². The zero-order chi connectivity index (χ0) is 24.0. The van der Waals surface area contributed by atoms with Gasteiger partial charge in [-0.3, -0.25) is 14.7 Å². The monoisotopic (exact) mass is 493 g/mol. The summed E-state index contributed by atoms with van der Waals surface area (Å²) in [6, 6.07) is 9.72. The standard InChI is InChI=1S/C25H28N5O4P/c31-21(27-13-24(33)14-35-15-24)12-30-20-4-2-1-3-19(20)25(23(30)32)7-5-17(6-8-25)34-18-9-16-10-28-29-22(16)26-11-18/h1-4,9-11,17,33,35H,5-8,12-15H2,(H,27,31)(H,26,28,29). The van der Waals surface area contributed by atoms with Crippen LogP contribution in [0.5, 0.6) is 5.75 Å². The number of pyridine rings is 1. The lowest BCUT2D eigenvalue weighted by molar-refractivity contribution is -0.127. The fourth-order valence-corrected chi connectivity index (χ4v) is 6.59. The maximum Gasteiger partial charge on any atom is 0.240 e. The SMILES string of the molecule is O=C(CN1C(=O)C2(CCC(Oc3cnc4[nH]ncc4c3)CC2)c2ccccc21)NCC1(O)CPC1. The number of para-hydroxylation sites is 1. The molecule has 2 amide bonds. The molecule has 1 saturated heterocycles. The van der Waals surface area contributed by atoms with Crippen molar-refractivity contribution in [2.24, 2.45) is 0 Å². The maximum atomic E-state index is 13.8. The van der Waals surface area contributed by atoms with E-state index in [2.05, 4.69) is 20.5 Å². The third kappa shape index (κ3) is 3.96. The average Bonchev–Trinajstić information content (AvgIpc) is 3.40. The molecule has 1 saturated carbocycles. The number of aromatic amines is 1. The number of carbonyl (C=O) groups excluding carboxylic acids is 2. The Morgan fingerprint density at radius 3 is 2.83 bits per heavy atom. The van der Waals surface area contributed by atoms with E-state index < -0.39 is 11.0 Å². The van der Waals surface area contributed by atoms with Gasteiger partial charge in [0.2, 0.25) is 11.8 Å². The molecule has 3 aliphatic rings. The number of rotatable bonds is 6. The molecular formula is C25H28N5O4P. The molecular weight excluding hydrogens is 465 g/mol. The lowest BCUT2D eigenvalue weighted by Gasteiger charge is -2.37. The van der Waals surface area contributed by atoms with Crippen molar-refractivity contribution < 1.29 is 19.4 Å². The van der Waals surface area contributed by atoms with Crippen LogP contribution in [0.15, 0.2) is 42.7 Å². The van der Waals surface area contributed by atoms with Crippen molar-refractivity contribution in [2.75, 3.05) is 30.3 Å². The molecule has 0 bridgehead atoms.